The number of carbonyl (C=O) groups excluding carboxylic acids is 3. The lowest BCUT2D eigenvalue weighted by Gasteiger charge is -2.39. The molecule has 5 aromatic carbocycles. The standard InChI is InChI=1S/C52H58BrN5O6Si/c1-36-48(65(3,4)43-22-20-42(63-2)21-23-43)46(32-47(60)55(29-30-59)33-37-11-7-5-8-12-37)64-52(36)44-31-39(53)17-24-45(44)56(50(52)62)34-38-15-18-40(19-16-38)57-35-58(41-13-9-6-10-14-41)51(49(57)61)25-27-54-28-26-51/h5-24,31,36,46,48,54,59H,25-30,32-35H2,1-4H3/t36-,46+,48-,52+/m0/s1. The fraction of sp³-hybridized carbons (Fsp3) is 0.365. The number of anilines is 3. The maximum Gasteiger partial charge on any atom is 0.264 e. The van der Waals surface area contributed by atoms with Gasteiger partial charge in [0.25, 0.3) is 11.8 Å². The van der Waals surface area contributed by atoms with Crippen LogP contribution in [0.3, 0.4) is 0 Å². The van der Waals surface area contributed by atoms with Crippen molar-refractivity contribution < 1.29 is 29.0 Å². The highest BCUT2D eigenvalue weighted by Gasteiger charge is 2.66. The molecule has 0 bridgehead atoms. The third kappa shape index (κ3) is 7.98. The van der Waals surface area contributed by atoms with E-state index in [1.165, 1.54) is 5.19 Å². The molecule has 0 unspecified atom stereocenters. The Bertz CT molecular complexity index is 2520. The number of fused-ring (bicyclic) bond motifs is 2. The van der Waals surface area contributed by atoms with E-state index in [-0.39, 0.29) is 48.8 Å². The van der Waals surface area contributed by atoms with Crippen LogP contribution in [0.1, 0.15) is 42.9 Å². The number of piperidine rings is 1. The van der Waals surface area contributed by atoms with E-state index in [1.807, 2.05) is 113 Å². The average molecular weight is 957 g/mol. The summed E-state index contributed by atoms with van der Waals surface area (Å²) in [5, 5.41) is 14.7. The first kappa shape index (κ1) is 44.9. The summed E-state index contributed by atoms with van der Waals surface area (Å²) >= 11 is 3.73. The summed E-state index contributed by atoms with van der Waals surface area (Å²) in [6.45, 7) is 9.42. The number of carbonyl (C=O) groups is 3. The summed E-state index contributed by atoms with van der Waals surface area (Å²) in [6.07, 6.45) is 0.927. The maximum absolute atomic E-state index is 15.6. The highest BCUT2D eigenvalue weighted by atomic mass is 79.9. The number of nitrogens with zero attached hydrogens (tertiary/aromatic N) is 4. The number of hydrogen-bond acceptors (Lipinski definition) is 8. The van der Waals surface area contributed by atoms with Crippen LogP contribution in [-0.4, -0.2) is 87.5 Å². The summed E-state index contributed by atoms with van der Waals surface area (Å²) in [4.78, 5) is 52.2. The lowest BCUT2D eigenvalue weighted by Crippen LogP contribution is -2.55. The van der Waals surface area contributed by atoms with E-state index in [2.05, 4.69) is 70.4 Å². The lowest BCUT2D eigenvalue weighted by molar-refractivity contribution is -0.150. The molecule has 0 saturated carbocycles. The second-order valence-electron chi connectivity index (χ2n) is 18.5. The largest absolute Gasteiger partial charge is 0.497 e. The van der Waals surface area contributed by atoms with Crippen molar-refractivity contribution in [1.29, 1.82) is 0 Å². The summed E-state index contributed by atoms with van der Waals surface area (Å²) in [5.74, 6) is 0.279. The quantitative estimate of drug-likeness (QED) is 0.116. The van der Waals surface area contributed by atoms with Gasteiger partial charge in [-0.3, -0.25) is 19.3 Å². The molecule has 9 rings (SSSR count). The maximum atomic E-state index is 15.6. The molecule has 65 heavy (non-hydrogen) atoms. The first-order chi connectivity index (χ1) is 31.4. The van der Waals surface area contributed by atoms with Crippen LogP contribution in [0.4, 0.5) is 17.1 Å². The first-order valence-electron chi connectivity index (χ1n) is 22.7. The number of para-hydroxylation sites is 1. The normalized spacial score (nSPS) is 22.6. The van der Waals surface area contributed by atoms with E-state index in [4.69, 9.17) is 9.47 Å². The van der Waals surface area contributed by atoms with Crippen LogP contribution in [0.5, 0.6) is 5.75 Å². The van der Waals surface area contributed by atoms with Crippen LogP contribution in [-0.2, 0) is 37.8 Å². The molecule has 3 fully saturated rings. The molecule has 4 aliphatic heterocycles. The van der Waals surface area contributed by atoms with Crippen LogP contribution in [0.25, 0.3) is 0 Å². The molecule has 338 valence electrons. The van der Waals surface area contributed by atoms with Crippen molar-refractivity contribution in [2.75, 3.05) is 54.7 Å². The van der Waals surface area contributed by atoms with Crippen molar-refractivity contribution in [2.24, 2.45) is 5.92 Å². The smallest absolute Gasteiger partial charge is 0.264 e. The topological polar surface area (TPSA) is 115 Å². The Morgan fingerprint density at radius 1 is 0.877 bits per heavy atom. The Labute approximate surface area is 391 Å². The molecular weight excluding hydrogens is 899 g/mol. The van der Waals surface area contributed by atoms with Gasteiger partial charge in [-0.15, -0.1) is 0 Å². The third-order valence-electron chi connectivity index (χ3n) is 14.6. The van der Waals surface area contributed by atoms with Gasteiger partial charge in [0.2, 0.25) is 5.91 Å². The number of rotatable bonds is 13. The number of amides is 3. The Balaban J connectivity index is 1.03. The van der Waals surface area contributed by atoms with Crippen molar-refractivity contribution in [1.82, 2.24) is 10.2 Å². The monoisotopic (exact) mass is 955 g/mol. The van der Waals surface area contributed by atoms with Gasteiger partial charge in [-0.05, 0) is 97.2 Å². The van der Waals surface area contributed by atoms with Crippen LogP contribution >= 0.6 is 15.9 Å². The van der Waals surface area contributed by atoms with Crippen molar-refractivity contribution in [3.05, 3.63) is 149 Å². The Kier molecular flexibility index (Phi) is 12.5. The van der Waals surface area contributed by atoms with E-state index in [0.29, 0.717) is 19.8 Å². The van der Waals surface area contributed by atoms with E-state index >= 15 is 4.79 Å². The Hall–Kier alpha value is -5.31. The van der Waals surface area contributed by atoms with Gasteiger partial charge in [-0.1, -0.05) is 114 Å². The molecular formula is C52H58BrN5O6Si. The number of methoxy groups -OCH3 is 1. The highest BCUT2D eigenvalue weighted by molar-refractivity contribution is 9.10. The predicted octanol–water partition coefficient (Wildman–Crippen LogP) is 7.56. The minimum absolute atomic E-state index is 0.0585. The van der Waals surface area contributed by atoms with Crippen molar-refractivity contribution in [3.8, 4) is 5.75 Å². The van der Waals surface area contributed by atoms with E-state index in [0.717, 1.165) is 69.9 Å². The summed E-state index contributed by atoms with van der Waals surface area (Å²) < 4.78 is 13.7. The van der Waals surface area contributed by atoms with E-state index in [1.54, 1.807) is 12.0 Å². The SMILES string of the molecule is COc1ccc([Si](C)(C)[C@@H]2[C@@H](CC(=O)N(CCO)Cc3ccccc3)O[C@]3(C(=O)N(Cc4ccc(N5CN(c6ccccc6)C6(CCNCC6)C5=O)cc4)c4ccc(Br)cc43)[C@H]2C)cc1. The molecule has 0 radical (unpaired) electrons. The minimum atomic E-state index is -2.55. The number of aliphatic hydroxyl groups excluding tert-OH is 1. The fourth-order valence-corrected chi connectivity index (χ4v) is 15.7. The second-order valence-corrected chi connectivity index (χ2v) is 24.1. The van der Waals surface area contributed by atoms with Crippen LogP contribution in [0.15, 0.2) is 132 Å². The molecule has 3 saturated heterocycles. The number of ether oxygens (including phenoxy) is 2. The van der Waals surface area contributed by atoms with Crippen LogP contribution in [0.2, 0.25) is 18.6 Å². The van der Waals surface area contributed by atoms with Gasteiger partial charge in [0, 0.05) is 40.4 Å². The summed E-state index contributed by atoms with van der Waals surface area (Å²) in [5.41, 5.74) is 3.17. The van der Waals surface area contributed by atoms with E-state index < -0.39 is 25.3 Å². The third-order valence-corrected chi connectivity index (χ3v) is 19.5. The van der Waals surface area contributed by atoms with Gasteiger partial charge in [-0.2, -0.15) is 0 Å². The zero-order valence-corrected chi connectivity index (χ0v) is 40.2. The number of hydrogen-bond donors (Lipinski definition) is 2. The molecule has 0 aliphatic carbocycles. The second kappa shape index (κ2) is 18.2. The number of aliphatic hydroxyl groups is 1. The van der Waals surface area contributed by atoms with Crippen LogP contribution < -0.4 is 29.9 Å². The molecule has 13 heteroatoms. The van der Waals surface area contributed by atoms with Gasteiger partial charge in [0.05, 0.1) is 53.2 Å². The van der Waals surface area contributed by atoms with Gasteiger partial charge in [0.1, 0.15) is 11.3 Å². The molecule has 3 amide bonds. The minimum Gasteiger partial charge on any atom is -0.497 e. The van der Waals surface area contributed by atoms with Crippen molar-refractivity contribution >= 4 is 64.0 Å². The summed E-state index contributed by atoms with van der Waals surface area (Å²) in [7, 11) is -0.890. The molecule has 0 aromatic heterocycles. The zero-order chi connectivity index (χ0) is 45.5. The lowest BCUT2D eigenvalue weighted by atomic mass is 9.82. The van der Waals surface area contributed by atoms with Gasteiger partial charge in [-0.25, -0.2) is 0 Å². The number of halogens is 1. The van der Waals surface area contributed by atoms with Crippen molar-refractivity contribution in [3.63, 3.8) is 0 Å². The fourth-order valence-electron chi connectivity index (χ4n) is 11.3. The number of benzene rings is 5. The summed E-state index contributed by atoms with van der Waals surface area (Å²) in [6, 6.07) is 42.2. The molecule has 4 atom stereocenters. The molecule has 4 aliphatic rings. The van der Waals surface area contributed by atoms with Gasteiger partial charge in [0.15, 0.2) is 5.60 Å². The van der Waals surface area contributed by atoms with Gasteiger partial charge < -0.3 is 34.6 Å². The molecule has 2 N–H and O–H groups in total. The van der Waals surface area contributed by atoms with Gasteiger partial charge >= 0.3 is 0 Å². The Morgan fingerprint density at radius 3 is 2.22 bits per heavy atom. The first-order valence-corrected chi connectivity index (χ1v) is 26.6. The highest BCUT2D eigenvalue weighted by Crippen LogP contribution is 2.60. The molecule has 11 nitrogen and oxygen atoms in total. The average Bonchev–Trinajstić information content (AvgIpc) is 3.86. The van der Waals surface area contributed by atoms with Crippen molar-refractivity contribution in [2.45, 2.75) is 75.2 Å². The molecule has 2 spiro atoms. The number of nitrogens with one attached hydrogen (secondary N) is 1. The van der Waals surface area contributed by atoms with Crippen LogP contribution in [0, 0.1) is 5.92 Å². The predicted molar refractivity (Wildman–Crippen MR) is 261 cm³/mol. The Morgan fingerprint density at radius 2 is 1.55 bits per heavy atom. The zero-order valence-electron chi connectivity index (χ0n) is 37.6. The van der Waals surface area contributed by atoms with E-state index in [9.17, 15) is 14.7 Å². The molecule has 4 heterocycles. The molecule has 5 aromatic rings.